The molecule has 0 radical (unpaired) electrons. The summed E-state index contributed by atoms with van der Waals surface area (Å²) in [6.07, 6.45) is 12.6. The largest absolute Gasteiger partial charge is 0.353 e. The Balaban J connectivity index is 1.47. The van der Waals surface area contributed by atoms with Crippen molar-refractivity contribution in [1.82, 2.24) is 10.6 Å². The third-order valence-corrected chi connectivity index (χ3v) is 12.6. The molecule has 1 amide bonds. The van der Waals surface area contributed by atoms with Gasteiger partial charge in [0.05, 0.1) is 0 Å². The predicted molar refractivity (Wildman–Crippen MR) is 123 cm³/mol. The third-order valence-electron chi connectivity index (χ3n) is 12.6. The van der Waals surface area contributed by atoms with E-state index in [2.05, 4.69) is 52.3 Å². The summed E-state index contributed by atoms with van der Waals surface area (Å²) in [6, 6.07) is 0.985. The van der Waals surface area contributed by atoms with Crippen LogP contribution in [0.2, 0.25) is 0 Å². The first-order valence-corrected chi connectivity index (χ1v) is 12.9. The Labute approximate surface area is 184 Å². The molecule has 0 aromatic rings. The van der Waals surface area contributed by atoms with E-state index in [0.29, 0.717) is 33.7 Å². The Morgan fingerprint density at radius 3 is 2.20 bits per heavy atom. The van der Waals surface area contributed by atoms with Crippen LogP contribution in [0.25, 0.3) is 0 Å². The number of hydrogen-bond acceptors (Lipinski definition) is 2. The number of hydrogen-bond donors (Lipinski definition) is 2. The van der Waals surface area contributed by atoms with Crippen molar-refractivity contribution in [2.75, 3.05) is 7.05 Å². The molecule has 5 fully saturated rings. The normalized spacial score (nSPS) is 54.2. The molecular formula is C27H46N2O. The van der Waals surface area contributed by atoms with Gasteiger partial charge in [0.15, 0.2) is 0 Å². The molecule has 0 heterocycles. The van der Waals surface area contributed by atoms with E-state index >= 15 is 0 Å². The van der Waals surface area contributed by atoms with Gasteiger partial charge >= 0.3 is 0 Å². The maximum atomic E-state index is 11.9. The fraction of sp³-hybridized carbons (Fsp3) is 0.963. The first-order chi connectivity index (χ1) is 14.0. The Morgan fingerprint density at radius 1 is 0.867 bits per heavy atom. The van der Waals surface area contributed by atoms with Gasteiger partial charge < -0.3 is 10.6 Å². The highest BCUT2D eigenvalue weighted by atomic mass is 16.1. The Hall–Kier alpha value is -0.570. The van der Waals surface area contributed by atoms with Gasteiger partial charge in [-0.3, -0.25) is 4.79 Å². The fourth-order valence-corrected chi connectivity index (χ4v) is 10.9. The lowest BCUT2D eigenvalue weighted by Gasteiger charge is -2.63. The summed E-state index contributed by atoms with van der Waals surface area (Å²) >= 11 is 0. The molecule has 170 valence electrons. The molecule has 9 unspecified atom stereocenters. The van der Waals surface area contributed by atoms with Gasteiger partial charge in [0, 0.05) is 19.0 Å². The number of amides is 1. The fourth-order valence-electron chi connectivity index (χ4n) is 10.9. The predicted octanol–water partition coefficient (Wildman–Crippen LogP) is 5.54. The highest BCUT2D eigenvalue weighted by Crippen LogP contribution is 2.88. The highest BCUT2D eigenvalue weighted by molar-refractivity contribution is 5.73. The van der Waals surface area contributed by atoms with Gasteiger partial charge in [-0.2, -0.15) is 0 Å². The third kappa shape index (κ3) is 2.29. The standard InChI is InChI=1S/C27H46N2O/c1-17(28-7)19-10-12-25(6)21-9-8-20-23(3,4)22(29-18(2)30)11-13-26(20)16-27(21,26)15-14-24(19,25)5/h17,19-22,28H,8-16H2,1-7H3,(H,29,30). The zero-order valence-electron chi connectivity index (χ0n) is 20.7. The van der Waals surface area contributed by atoms with E-state index in [9.17, 15) is 4.79 Å². The van der Waals surface area contributed by atoms with Crippen LogP contribution >= 0.6 is 0 Å². The molecule has 0 bridgehead atoms. The smallest absolute Gasteiger partial charge is 0.217 e. The van der Waals surface area contributed by atoms with E-state index in [4.69, 9.17) is 0 Å². The lowest BCUT2D eigenvalue weighted by atomic mass is 9.42. The van der Waals surface area contributed by atoms with Crippen LogP contribution in [-0.4, -0.2) is 25.0 Å². The van der Waals surface area contributed by atoms with Crippen molar-refractivity contribution in [3.8, 4) is 0 Å². The van der Waals surface area contributed by atoms with Gasteiger partial charge in [-0.25, -0.2) is 0 Å². The van der Waals surface area contributed by atoms with Crippen LogP contribution in [0, 0.1) is 44.8 Å². The van der Waals surface area contributed by atoms with Crippen LogP contribution in [-0.2, 0) is 4.79 Å². The molecule has 5 saturated carbocycles. The molecule has 0 aromatic carbocycles. The number of rotatable bonds is 3. The molecule has 9 atom stereocenters. The van der Waals surface area contributed by atoms with Crippen molar-refractivity contribution < 1.29 is 4.79 Å². The van der Waals surface area contributed by atoms with E-state index in [1.54, 1.807) is 6.92 Å². The molecule has 5 rings (SSSR count). The van der Waals surface area contributed by atoms with Gasteiger partial charge in [0.25, 0.3) is 0 Å². The van der Waals surface area contributed by atoms with Crippen molar-refractivity contribution in [2.45, 2.75) is 111 Å². The molecule has 0 aliphatic heterocycles. The molecule has 30 heavy (non-hydrogen) atoms. The number of carbonyl (C=O) groups excluding carboxylic acids is 1. The molecule has 0 saturated heterocycles. The molecule has 2 spiro atoms. The van der Waals surface area contributed by atoms with E-state index in [1.807, 2.05) is 0 Å². The van der Waals surface area contributed by atoms with Gasteiger partial charge in [0.2, 0.25) is 5.91 Å². The van der Waals surface area contributed by atoms with Crippen LogP contribution in [0.3, 0.4) is 0 Å². The monoisotopic (exact) mass is 414 g/mol. The van der Waals surface area contributed by atoms with Crippen LogP contribution in [0.5, 0.6) is 0 Å². The summed E-state index contributed by atoms with van der Waals surface area (Å²) in [4.78, 5) is 11.9. The number of carbonyl (C=O) groups is 1. The highest BCUT2D eigenvalue weighted by Gasteiger charge is 2.82. The maximum Gasteiger partial charge on any atom is 0.217 e. The minimum absolute atomic E-state index is 0.153. The minimum Gasteiger partial charge on any atom is -0.353 e. The topological polar surface area (TPSA) is 41.1 Å². The van der Waals surface area contributed by atoms with Gasteiger partial charge in [0.1, 0.15) is 0 Å². The second-order valence-electron chi connectivity index (χ2n) is 13.3. The number of fused-ring (bicyclic) bond motifs is 2. The van der Waals surface area contributed by atoms with E-state index in [1.165, 1.54) is 57.8 Å². The summed E-state index contributed by atoms with van der Waals surface area (Å²) in [5, 5.41) is 6.95. The molecular weight excluding hydrogens is 368 g/mol. The Morgan fingerprint density at radius 2 is 1.53 bits per heavy atom. The van der Waals surface area contributed by atoms with Gasteiger partial charge in [-0.15, -0.1) is 0 Å². The van der Waals surface area contributed by atoms with Gasteiger partial charge in [-0.05, 0) is 117 Å². The maximum absolute atomic E-state index is 11.9. The quantitative estimate of drug-likeness (QED) is 0.637. The molecule has 0 aromatic heterocycles. The zero-order chi connectivity index (χ0) is 21.7. The average Bonchev–Trinajstić information content (AvgIpc) is 3.26. The van der Waals surface area contributed by atoms with Crippen LogP contribution < -0.4 is 10.6 Å². The second kappa shape index (κ2) is 6.27. The van der Waals surface area contributed by atoms with Crippen LogP contribution in [0.15, 0.2) is 0 Å². The van der Waals surface area contributed by atoms with E-state index in [-0.39, 0.29) is 11.3 Å². The molecule has 2 N–H and O–H groups in total. The summed E-state index contributed by atoms with van der Waals surface area (Å²) in [7, 11) is 2.16. The summed E-state index contributed by atoms with van der Waals surface area (Å²) in [5.74, 6) is 2.68. The molecule has 5 aliphatic rings. The Kier molecular flexibility index (Phi) is 4.45. The first-order valence-electron chi connectivity index (χ1n) is 12.9. The lowest BCUT2D eigenvalue weighted by Crippen LogP contribution is -2.60. The SMILES string of the molecule is CNC(C)C1CCC2(C)C3CCC4C(C)(C)C(NC(C)=O)CCC45CC35CCC12C. The Bertz CT molecular complexity index is 747. The van der Waals surface area contributed by atoms with Crippen molar-refractivity contribution in [2.24, 2.45) is 44.8 Å². The summed E-state index contributed by atoms with van der Waals surface area (Å²) < 4.78 is 0. The molecule has 3 nitrogen and oxygen atoms in total. The van der Waals surface area contributed by atoms with Crippen molar-refractivity contribution in [3.05, 3.63) is 0 Å². The van der Waals surface area contributed by atoms with Crippen molar-refractivity contribution in [3.63, 3.8) is 0 Å². The van der Waals surface area contributed by atoms with Crippen molar-refractivity contribution in [1.29, 1.82) is 0 Å². The van der Waals surface area contributed by atoms with Crippen molar-refractivity contribution >= 4 is 5.91 Å². The minimum atomic E-state index is 0.153. The molecule has 3 heteroatoms. The molecule has 5 aliphatic carbocycles. The second-order valence-corrected chi connectivity index (χ2v) is 13.3. The summed E-state index contributed by atoms with van der Waals surface area (Å²) in [5.41, 5.74) is 2.41. The number of nitrogens with one attached hydrogen (secondary N) is 2. The average molecular weight is 415 g/mol. The summed E-state index contributed by atoms with van der Waals surface area (Å²) in [6.45, 7) is 14.4. The van der Waals surface area contributed by atoms with Crippen LogP contribution in [0.1, 0.15) is 99.3 Å². The van der Waals surface area contributed by atoms with E-state index in [0.717, 1.165) is 17.8 Å². The van der Waals surface area contributed by atoms with E-state index < -0.39 is 0 Å². The van der Waals surface area contributed by atoms with Crippen LogP contribution in [0.4, 0.5) is 0 Å². The lowest BCUT2D eigenvalue weighted by molar-refractivity contribution is -0.146. The van der Waals surface area contributed by atoms with Gasteiger partial charge in [-0.1, -0.05) is 27.7 Å². The first kappa shape index (κ1) is 21.3. The zero-order valence-corrected chi connectivity index (χ0v) is 20.7.